The summed E-state index contributed by atoms with van der Waals surface area (Å²) in [5, 5.41) is 9.43. The van der Waals surface area contributed by atoms with Crippen LogP contribution in [0.4, 0.5) is 5.95 Å². The van der Waals surface area contributed by atoms with Gasteiger partial charge in [-0.1, -0.05) is 22.0 Å². The average Bonchev–Trinajstić information content (AvgIpc) is 3.19. The zero-order chi connectivity index (χ0) is 25.3. The second-order valence-electron chi connectivity index (χ2n) is 8.31. The van der Waals surface area contributed by atoms with Crippen molar-refractivity contribution >= 4 is 46.8 Å². The van der Waals surface area contributed by atoms with E-state index in [9.17, 15) is 14.5 Å². The summed E-state index contributed by atoms with van der Waals surface area (Å²) >= 11 is 3.35. The summed E-state index contributed by atoms with van der Waals surface area (Å²) in [4.78, 5) is 24.2. The maximum absolute atomic E-state index is 13.7. The molecule has 1 aliphatic rings. The van der Waals surface area contributed by atoms with Crippen LogP contribution >= 0.6 is 23.7 Å². The summed E-state index contributed by atoms with van der Waals surface area (Å²) in [7, 11) is -1.07. The molecule has 2 atom stereocenters. The standard InChI is InChI=1S/C21H26BrN6O6P/c1-12(20(29)30)27(2)35(31,34-16-6-4-5-14(22)9-16)33-10-13-7-15(8-13)28-11-24-17-18(28)25-21(23)26-19(17)32-3/h4-6,9,11-13,15H,7-8,10H2,1-3H3,(H,29,30)(H2,23,25,26)/t12-,13?,15?,35?/m0/s1. The predicted molar refractivity (Wildman–Crippen MR) is 131 cm³/mol. The summed E-state index contributed by atoms with van der Waals surface area (Å²) in [6.07, 6.45) is 3.10. The van der Waals surface area contributed by atoms with E-state index in [1.165, 1.54) is 21.1 Å². The lowest BCUT2D eigenvalue weighted by molar-refractivity contribution is -0.140. The number of hydrogen-bond donors (Lipinski definition) is 2. The van der Waals surface area contributed by atoms with Crippen LogP contribution < -0.4 is 15.0 Å². The lowest BCUT2D eigenvalue weighted by Gasteiger charge is -2.37. The minimum Gasteiger partial charge on any atom is -0.480 e. The Bertz CT molecular complexity index is 1280. The molecular formula is C21H26BrN6O6P. The molecule has 0 spiro atoms. The van der Waals surface area contributed by atoms with Crippen LogP contribution in [0.25, 0.3) is 11.2 Å². The van der Waals surface area contributed by atoms with Crippen molar-refractivity contribution in [2.75, 3.05) is 26.5 Å². The molecule has 3 aromatic rings. The van der Waals surface area contributed by atoms with Crippen molar-refractivity contribution in [2.24, 2.45) is 5.92 Å². The van der Waals surface area contributed by atoms with Gasteiger partial charge in [0.05, 0.1) is 20.0 Å². The second-order valence-corrected chi connectivity index (χ2v) is 11.2. The van der Waals surface area contributed by atoms with Gasteiger partial charge in [0.1, 0.15) is 11.8 Å². The Balaban J connectivity index is 1.46. The van der Waals surface area contributed by atoms with Crippen molar-refractivity contribution in [2.45, 2.75) is 31.8 Å². The highest BCUT2D eigenvalue weighted by Crippen LogP contribution is 2.54. The molecule has 0 aliphatic heterocycles. The highest BCUT2D eigenvalue weighted by molar-refractivity contribution is 9.10. The SMILES string of the molecule is COc1nc(N)nc2c1ncn2C1CC(COP(=O)(Oc2cccc(Br)c2)N(C)[C@@H](C)C(=O)O)C1. The molecule has 35 heavy (non-hydrogen) atoms. The molecule has 14 heteroatoms. The largest absolute Gasteiger partial charge is 0.480 e. The Morgan fingerprint density at radius 2 is 2.14 bits per heavy atom. The molecule has 2 aromatic heterocycles. The number of rotatable bonds is 10. The first-order valence-corrected chi connectivity index (χ1v) is 13.1. The van der Waals surface area contributed by atoms with Crippen LogP contribution in [-0.2, 0) is 13.9 Å². The quantitative estimate of drug-likeness (QED) is 0.343. The maximum Gasteiger partial charge on any atom is 0.461 e. The molecular weight excluding hydrogens is 543 g/mol. The van der Waals surface area contributed by atoms with Gasteiger partial charge in [0.25, 0.3) is 0 Å². The summed E-state index contributed by atoms with van der Waals surface area (Å²) in [5.41, 5.74) is 6.91. The van der Waals surface area contributed by atoms with Crippen LogP contribution in [0.15, 0.2) is 35.1 Å². The Morgan fingerprint density at radius 1 is 1.40 bits per heavy atom. The lowest BCUT2D eigenvalue weighted by atomic mass is 9.81. The van der Waals surface area contributed by atoms with Gasteiger partial charge in [-0.3, -0.25) is 9.32 Å². The predicted octanol–water partition coefficient (Wildman–Crippen LogP) is 3.74. The topological polar surface area (TPSA) is 155 Å². The average molecular weight is 569 g/mol. The van der Waals surface area contributed by atoms with E-state index in [4.69, 9.17) is 19.5 Å². The number of carboxylic acid groups (broad SMARTS) is 1. The van der Waals surface area contributed by atoms with Crippen LogP contribution in [-0.4, -0.2) is 62.1 Å². The molecule has 4 rings (SSSR count). The maximum atomic E-state index is 13.7. The molecule has 3 N–H and O–H groups in total. The number of nitrogens with two attached hydrogens (primary N) is 1. The zero-order valence-electron chi connectivity index (χ0n) is 19.4. The molecule has 0 amide bonds. The van der Waals surface area contributed by atoms with E-state index in [1.807, 2.05) is 4.57 Å². The second kappa shape index (κ2) is 10.1. The van der Waals surface area contributed by atoms with Crippen molar-refractivity contribution in [3.63, 3.8) is 0 Å². The van der Waals surface area contributed by atoms with E-state index < -0.39 is 19.8 Å². The fourth-order valence-electron chi connectivity index (χ4n) is 3.79. The van der Waals surface area contributed by atoms with E-state index in [0.717, 1.165) is 9.14 Å². The van der Waals surface area contributed by atoms with E-state index in [0.29, 0.717) is 35.6 Å². The first-order valence-electron chi connectivity index (χ1n) is 10.8. The van der Waals surface area contributed by atoms with Crippen molar-refractivity contribution < 1.29 is 28.3 Å². The minimum atomic E-state index is -3.97. The Labute approximate surface area is 210 Å². The molecule has 1 unspecified atom stereocenters. The molecule has 1 aliphatic carbocycles. The molecule has 0 radical (unpaired) electrons. The van der Waals surface area contributed by atoms with Gasteiger partial charge in [-0.2, -0.15) is 14.6 Å². The van der Waals surface area contributed by atoms with E-state index >= 15 is 0 Å². The number of carboxylic acids is 1. The number of aromatic nitrogens is 4. The number of hydrogen-bond acceptors (Lipinski definition) is 9. The monoisotopic (exact) mass is 568 g/mol. The summed E-state index contributed by atoms with van der Waals surface area (Å²) in [5.74, 6) is -0.356. The third-order valence-electron chi connectivity index (χ3n) is 6.00. The van der Waals surface area contributed by atoms with E-state index in [2.05, 4.69) is 30.9 Å². The number of imidazole rings is 1. The molecule has 1 fully saturated rings. The van der Waals surface area contributed by atoms with Crippen LogP contribution in [0.5, 0.6) is 11.6 Å². The number of ether oxygens (including phenoxy) is 1. The number of methoxy groups -OCH3 is 1. The summed E-state index contributed by atoms with van der Waals surface area (Å²) in [6.45, 7) is 1.56. The normalized spacial score (nSPS) is 20.3. The lowest BCUT2D eigenvalue weighted by Crippen LogP contribution is -2.36. The first kappa shape index (κ1) is 25.4. The highest BCUT2D eigenvalue weighted by Gasteiger charge is 2.41. The van der Waals surface area contributed by atoms with Gasteiger partial charge in [-0.05, 0) is 50.9 Å². The van der Waals surface area contributed by atoms with Crippen LogP contribution in [0, 0.1) is 5.92 Å². The Hall–Kier alpha value is -2.73. The zero-order valence-corrected chi connectivity index (χ0v) is 21.8. The highest BCUT2D eigenvalue weighted by atomic mass is 79.9. The van der Waals surface area contributed by atoms with Gasteiger partial charge >= 0.3 is 13.7 Å². The molecule has 1 saturated carbocycles. The van der Waals surface area contributed by atoms with Crippen LogP contribution in [0.2, 0.25) is 0 Å². The van der Waals surface area contributed by atoms with E-state index in [-0.39, 0.29) is 24.5 Å². The number of likely N-dealkylation sites (N-methyl/N-ethyl adjacent to an activating group) is 1. The number of aliphatic carboxylic acids is 1. The number of benzene rings is 1. The van der Waals surface area contributed by atoms with Crippen molar-refractivity contribution in [3.8, 4) is 11.6 Å². The Kier molecular flexibility index (Phi) is 7.32. The van der Waals surface area contributed by atoms with Crippen molar-refractivity contribution in [3.05, 3.63) is 35.1 Å². The number of carbonyl (C=O) groups is 1. The summed E-state index contributed by atoms with van der Waals surface area (Å²) < 4.78 is 34.3. The number of nitrogen functional groups attached to an aromatic ring is 1. The molecule has 0 saturated heterocycles. The van der Waals surface area contributed by atoms with Gasteiger partial charge in [0, 0.05) is 10.5 Å². The van der Waals surface area contributed by atoms with Crippen LogP contribution in [0.1, 0.15) is 25.8 Å². The summed E-state index contributed by atoms with van der Waals surface area (Å²) in [6, 6.07) is 5.80. The molecule has 2 heterocycles. The molecule has 12 nitrogen and oxygen atoms in total. The number of halogens is 1. The molecule has 1 aromatic carbocycles. The van der Waals surface area contributed by atoms with Gasteiger partial charge in [-0.25, -0.2) is 9.55 Å². The Morgan fingerprint density at radius 3 is 2.80 bits per heavy atom. The van der Waals surface area contributed by atoms with Crippen LogP contribution in [0.3, 0.4) is 0 Å². The smallest absolute Gasteiger partial charge is 0.461 e. The fraction of sp³-hybridized carbons (Fsp3) is 0.429. The first-order chi connectivity index (χ1) is 16.6. The van der Waals surface area contributed by atoms with Gasteiger partial charge < -0.3 is 24.7 Å². The number of anilines is 1. The third-order valence-corrected chi connectivity index (χ3v) is 8.53. The van der Waals surface area contributed by atoms with E-state index in [1.54, 1.807) is 30.6 Å². The van der Waals surface area contributed by atoms with Crippen molar-refractivity contribution in [1.82, 2.24) is 24.2 Å². The van der Waals surface area contributed by atoms with Gasteiger partial charge in [0.15, 0.2) is 11.2 Å². The molecule has 188 valence electrons. The number of fused-ring (bicyclic) bond motifs is 1. The van der Waals surface area contributed by atoms with Gasteiger partial charge in [-0.15, -0.1) is 0 Å². The number of nitrogens with zero attached hydrogens (tertiary/aromatic N) is 5. The third kappa shape index (κ3) is 5.27. The van der Waals surface area contributed by atoms with Gasteiger partial charge in [0.2, 0.25) is 11.8 Å². The fourth-order valence-corrected chi connectivity index (χ4v) is 5.83. The van der Waals surface area contributed by atoms with Crippen molar-refractivity contribution in [1.29, 1.82) is 0 Å². The molecule has 0 bridgehead atoms. The minimum absolute atomic E-state index is 0.0755.